The molecule has 0 saturated carbocycles. The van der Waals surface area contributed by atoms with Crippen LogP contribution >= 0.6 is 15.9 Å². The second-order valence-electron chi connectivity index (χ2n) is 5.45. The zero-order chi connectivity index (χ0) is 20.3. The Morgan fingerprint density at radius 1 is 1.26 bits per heavy atom. The first-order valence-corrected chi connectivity index (χ1v) is 8.30. The van der Waals surface area contributed by atoms with Gasteiger partial charge in [0.2, 0.25) is 0 Å². The minimum absolute atomic E-state index is 0.218. The molecule has 0 spiro atoms. The van der Waals surface area contributed by atoms with Gasteiger partial charge >= 0.3 is 6.61 Å². The first-order valence-electron chi connectivity index (χ1n) is 7.51. The molecular formula is C17H15BrF2N2O5. The lowest BCUT2D eigenvalue weighted by molar-refractivity contribution is -0.385. The summed E-state index contributed by atoms with van der Waals surface area (Å²) < 4.78 is 35.1. The Morgan fingerprint density at radius 3 is 2.44 bits per heavy atom. The summed E-state index contributed by atoms with van der Waals surface area (Å²) in [6.45, 7) is -1.37. The third-order valence-corrected chi connectivity index (χ3v) is 4.65. The number of carbonyl (C=O) groups excluding carboxylic acids is 1. The molecule has 0 fully saturated rings. The molecule has 2 aromatic carbocycles. The number of carbonyl (C=O) groups is 1. The van der Waals surface area contributed by atoms with Crippen LogP contribution < -0.4 is 14.4 Å². The Balaban J connectivity index is 2.52. The Hall–Kier alpha value is -2.75. The number of nitrogens with zero attached hydrogens (tertiary/aromatic N) is 2. The molecular weight excluding hydrogens is 430 g/mol. The summed E-state index contributed by atoms with van der Waals surface area (Å²) >= 11 is 3.35. The Kier molecular flexibility index (Phi) is 6.32. The zero-order valence-corrected chi connectivity index (χ0v) is 16.1. The first-order chi connectivity index (χ1) is 12.6. The molecule has 0 unspecified atom stereocenters. The predicted octanol–water partition coefficient (Wildman–Crippen LogP) is 4.55. The van der Waals surface area contributed by atoms with Crippen molar-refractivity contribution in [1.29, 1.82) is 0 Å². The van der Waals surface area contributed by atoms with E-state index in [1.54, 1.807) is 18.2 Å². The maximum atomic E-state index is 12.8. The van der Waals surface area contributed by atoms with Crippen molar-refractivity contribution < 1.29 is 28.0 Å². The van der Waals surface area contributed by atoms with E-state index in [0.717, 1.165) is 22.2 Å². The maximum Gasteiger partial charge on any atom is 0.387 e. The number of anilines is 1. The van der Waals surface area contributed by atoms with Crippen molar-refractivity contribution in [2.45, 2.75) is 13.5 Å². The van der Waals surface area contributed by atoms with Crippen LogP contribution in [0.1, 0.15) is 15.9 Å². The van der Waals surface area contributed by atoms with Crippen LogP contribution in [-0.4, -0.2) is 31.6 Å². The summed E-state index contributed by atoms with van der Waals surface area (Å²) in [5.41, 5.74) is 0.375. The zero-order valence-electron chi connectivity index (χ0n) is 14.5. The SMILES string of the molecule is COc1cc(C(=O)N(C)c2ccc(Br)c(C)c2)c([N+](=O)[O-])cc1OC(F)F. The third kappa shape index (κ3) is 4.51. The molecule has 2 aromatic rings. The Morgan fingerprint density at radius 2 is 1.93 bits per heavy atom. The molecule has 0 bridgehead atoms. The van der Waals surface area contributed by atoms with E-state index in [1.165, 1.54) is 19.1 Å². The van der Waals surface area contributed by atoms with Crippen LogP contribution in [0.5, 0.6) is 11.5 Å². The van der Waals surface area contributed by atoms with Crippen molar-refractivity contribution in [3.8, 4) is 11.5 Å². The summed E-state index contributed by atoms with van der Waals surface area (Å²) in [6, 6.07) is 6.88. The smallest absolute Gasteiger partial charge is 0.387 e. The highest BCUT2D eigenvalue weighted by atomic mass is 79.9. The molecule has 144 valence electrons. The van der Waals surface area contributed by atoms with Gasteiger partial charge in [0.25, 0.3) is 11.6 Å². The normalized spacial score (nSPS) is 10.6. The number of benzene rings is 2. The van der Waals surface area contributed by atoms with Gasteiger partial charge in [0.15, 0.2) is 11.5 Å². The van der Waals surface area contributed by atoms with E-state index in [9.17, 15) is 23.7 Å². The van der Waals surface area contributed by atoms with Gasteiger partial charge < -0.3 is 14.4 Å². The largest absolute Gasteiger partial charge is 0.493 e. The van der Waals surface area contributed by atoms with Gasteiger partial charge in [0.05, 0.1) is 18.1 Å². The summed E-state index contributed by atoms with van der Waals surface area (Å²) in [6.07, 6.45) is 0. The number of hydrogen-bond acceptors (Lipinski definition) is 5. The molecule has 0 saturated heterocycles. The third-order valence-electron chi connectivity index (χ3n) is 3.76. The number of halogens is 3. The van der Waals surface area contributed by atoms with Crippen molar-refractivity contribution in [2.24, 2.45) is 0 Å². The molecule has 10 heteroatoms. The average Bonchev–Trinajstić information content (AvgIpc) is 2.61. The van der Waals surface area contributed by atoms with Crippen LogP contribution in [0.4, 0.5) is 20.2 Å². The van der Waals surface area contributed by atoms with Crippen LogP contribution in [0.15, 0.2) is 34.8 Å². The van der Waals surface area contributed by atoms with Crippen molar-refractivity contribution in [2.75, 3.05) is 19.1 Å². The van der Waals surface area contributed by atoms with Crippen molar-refractivity contribution in [3.63, 3.8) is 0 Å². The number of methoxy groups -OCH3 is 1. The van der Waals surface area contributed by atoms with Crippen molar-refractivity contribution in [3.05, 3.63) is 56.0 Å². The van der Waals surface area contributed by atoms with Gasteiger partial charge in [-0.1, -0.05) is 15.9 Å². The molecule has 0 aliphatic rings. The summed E-state index contributed by atoms with van der Waals surface area (Å²) in [4.78, 5) is 24.6. The minimum atomic E-state index is -3.20. The predicted molar refractivity (Wildman–Crippen MR) is 97.9 cm³/mol. The van der Waals surface area contributed by atoms with Gasteiger partial charge in [-0.3, -0.25) is 14.9 Å². The van der Waals surface area contributed by atoms with Gasteiger partial charge in [-0.15, -0.1) is 0 Å². The highest BCUT2D eigenvalue weighted by Gasteiger charge is 2.28. The Bertz CT molecular complexity index is 892. The topological polar surface area (TPSA) is 81.9 Å². The fourth-order valence-corrected chi connectivity index (χ4v) is 2.60. The molecule has 7 nitrogen and oxygen atoms in total. The van der Waals surface area contributed by atoms with E-state index < -0.39 is 28.9 Å². The number of ether oxygens (including phenoxy) is 2. The number of nitro groups is 1. The van der Waals surface area contributed by atoms with Gasteiger partial charge in [-0.05, 0) is 30.7 Å². The number of hydrogen-bond donors (Lipinski definition) is 0. The molecule has 0 heterocycles. The van der Waals surface area contributed by atoms with Gasteiger partial charge in [-0.25, -0.2) is 0 Å². The van der Waals surface area contributed by atoms with E-state index in [1.807, 2.05) is 6.92 Å². The fourth-order valence-electron chi connectivity index (χ4n) is 2.35. The lowest BCUT2D eigenvalue weighted by Gasteiger charge is -2.19. The highest BCUT2D eigenvalue weighted by molar-refractivity contribution is 9.10. The van der Waals surface area contributed by atoms with Crippen molar-refractivity contribution in [1.82, 2.24) is 0 Å². The van der Waals surface area contributed by atoms with Crippen LogP contribution in [0, 0.1) is 17.0 Å². The molecule has 0 N–H and O–H groups in total. The number of nitro benzene ring substituents is 1. The number of alkyl halides is 2. The Labute approximate surface area is 161 Å². The first kappa shape index (κ1) is 20.6. The van der Waals surface area contributed by atoms with E-state index in [0.29, 0.717) is 5.69 Å². The minimum Gasteiger partial charge on any atom is -0.493 e. The quantitative estimate of drug-likeness (QED) is 0.481. The van der Waals surface area contributed by atoms with Gasteiger partial charge in [0.1, 0.15) is 5.56 Å². The second-order valence-corrected chi connectivity index (χ2v) is 6.31. The molecule has 0 atom stereocenters. The second kappa shape index (κ2) is 8.30. The molecule has 0 aliphatic carbocycles. The standard InChI is InChI=1S/C17H15BrF2N2O5/c1-9-6-10(4-5-12(9)18)21(2)16(23)11-7-14(26-3)15(27-17(19)20)8-13(11)22(24)25/h4-8,17H,1-3H3. The lowest BCUT2D eigenvalue weighted by Crippen LogP contribution is -2.27. The number of aryl methyl sites for hydroxylation is 1. The van der Waals surface area contributed by atoms with Gasteiger partial charge in [-0.2, -0.15) is 8.78 Å². The maximum absolute atomic E-state index is 12.8. The number of rotatable bonds is 6. The molecule has 1 amide bonds. The molecule has 27 heavy (non-hydrogen) atoms. The fraction of sp³-hybridized carbons (Fsp3) is 0.235. The van der Waals surface area contributed by atoms with Crippen molar-refractivity contribution >= 4 is 33.2 Å². The van der Waals surface area contributed by atoms with Crippen LogP contribution in [-0.2, 0) is 0 Å². The van der Waals surface area contributed by atoms with E-state index >= 15 is 0 Å². The lowest BCUT2D eigenvalue weighted by atomic mass is 10.1. The molecule has 0 radical (unpaired) electrons. The van der Waals surface area contributed by atoms with E-state index in [4.69, 9.17) is 4.74 Å². The highest BCUT2D eigenvalue weighted by Crippen LogP contribution is 2.36. The van der Waals surface area contributed by atoms with E-state index in [2.05, 4.69) is 20.7 Å². The average molecular weight is 445 g/mol. The summed E-state index contributed by atoms with van der Waals surface area (Å²) in [7, 11) is 2.63. The summed E-state index contributed by atoms with van der Waals surface area (Å²) in [5.74, 6) is -1.45. The van der Waals surface area contributed by atoms with Crippen LogP contribution in [0.25, 0.3) is 0 Å². The van der Waals surface area contributed by atoms with Crippen LogP contribution in [0.2, 0.25) is 0 Å². The molecule has 0 aromatic heterocycles. The monoisotopic (exact) mass is 444 g/mol. The van der Waals surface area contributed by atoms with Gasteiger partial charge in [0, 0.05) is 23.3 Å². The molecule has 0 aliphatic heterocycles. The van der Waals surface area contributed by atoms with E-state index in [-0.39, 0.29) is 11.3 Å². The number of amides is 1. The summed E-state index contributed by atoms with van der Waals surface area (Å²) in [5, 5.41) is 11.4. The van der Waals surface area contributed by atoms with Crippen LogP contribution in [0.3, 0.4) is 0 Å². The molecule has 2 rings (SSSR count).